The molecule has 2 aliphatic heterocycles. The van der Waals surface area contributed by atoms with Crippen LogP contribution in [0.1, 0.15) is 42.3 Å². The molecule has 0 aromatic heterocycles. The van der Waals surface area contributed by atoms with Crippen molar-refractivity contribution in [2.24, 2.45) is 5.10 Å². The fourth-order valence-electron chi connectivity index (χ4n) is 4.01. The standard InChI is InChI=1S/C24H20BrClN2O2/c1-2-29-23-12-9-16(13-19(23)26)20-14-21-18-5-3-4-6-22(18)30-24(28(21)27-20)15-7-10-17(25)11-8-15/h3-13,21,24H,2,14H2,1H3/t21-,24+/m1/s1. The number of rotatable bonds is 4. The second kappa shape index (κ2) is 7.97. The maximum absolute atomic E-state index is 6.44. The van der Waals surface area contributed by atoms with Gasteiger partial charge in [-0.15, -0.1) is 0 Å². The molecule has 0 saturated carbocycles. The van der Waals surface area contributed by atoms with Gasteiger partial charge in [0.1, 0.15) is 11.5 Å². The van der Waals surface area contributed by atoms with Crippen LogP contribution in [-0.2, 0) is 0 Å². The van der Waals surface area contributed by atoms with Gasteiger partial charge in [0.15, 0.2) is 0 Å². The smallest absolute Gasteiger partial charge is 0.213 e. The lowest BCUT2D eigenvalue weighted by molar-refractivity contribution is -0.0190. The molecule has 2 atom stereocenters. The van der Waals surface area contributed by atoms with Gasteiger partial charge in [-0.1, -0.05) is 57.9 Å². The molecule has 152 valence electrons. The second-order valence-corrected chi connectivity index (χ2v) is 8.61. The first-order valence-corrected chi connectivity index (χ1v) is 11.1. The van der Waals surface area contributed by atoms with E-state index in [4.69, 9.17) is 26.2 Å². The van der Waals surface area contributed by atoms with Crippen LogP contribution in [0.2, 0.25) is 5.02 Å². The number of hydrazone groups is 1. The highest BCUT2D eigenvalue weighted by atomic mass is 79.9. The summed E-state index contributed by atoms with van der Waals surface area (Å²) in [6, 6.07) is 22.4. The zero-order valence-corrected chi connectivity index (χ0v) is 18.7. The molecule has 0 radical (unpaired) electrons. The van der Waals surface area contributed by atoms with E-state index in [2.05, 4.69) is 39.1 Å². The molecule has 0 fully saturated rings. The topological polar surface area (TPSA) is 34.1 Å². The molecule has 0 saturated heterocycles. The van der Waals surface area contributed by atoms with E-state index in [0.29, 0.717) is 17.4 Å². The van der Waals surface area contributed by atoms with Crippen LogP contribution in [0.25, 0.3) is 0 Å². The van der Waals surface area contributed by atoms with Gasteiger partial charge in [0.25, 0.3) is 0 Å². The van der Waals surface area contributed by atoms with E-state index < -0.39 is 0 Å². The molecule has 0 spiro atoms. The van der Waals surface area contributed by atoms with Crippen LogP contribution in [0.5, 0.6) is 11.5 Å². The monoisotopic (exact) mass is 482 g/mol. The molecule has 0 N–H and O–H groups in total. The van der Waals surface area contributed by atoms with Gasteiger partial charge in [-0.25, -0.2) is 5.01 Å². The van der Waals surface area contributed by atoms with E-state index in [0.717, 1.165) is 39.0 Å². The Balaban J connectivity index is 1.54. The predicted molar refractivity (Wildman–Crippen MR) is 122 cm³/mol. The number of fused-ring (bicyclic) bond motifs is 3. The van der Waals surface area contributed by atoms with Gasteiger partial charge in [-0.2, -0.15) is 5.10 Å². The number of benzene rings is 3. The van der Waals surface area contributed by atoms with Crippen molar-refractivity contribution in [2.45, 2.75) is 25.6 Å². The number of nitrogens with zero attached hydrogens (tertiary/aromatic N) is 2. The molecule has 0 aliphatic carbocycles. The Morgan fingerprint density at radius 1 is 1.13 bits per heavy atom. The molecular formula is C24H20BrClN2O2. The van der Waals surface area contributed by atoms with E-state index in [1.165, 1.54) is 0 Å². The zero-order valence-electron chi connectivity index (χ0n) is 16.4. The Morgan fingerprint density at radius 3 is 2.70 bits per heavy atom. The van der Waals surface area contributed by atoms with Crippen LogP contribution in [0.15, 0.2) is 76.3 Å². The van der Waals surface area contributed by atoms with Crippen molar-refractivity contribution < 1.29 is 9.47 Å². The lowest BCUT2D eigenvalue weighted by Gasteiger charge is -2.38. The maximum atomic E-state index is 6.44. The van der Waals surface area contributed by atoms with Crippen LogP contribution in [0.4, 0.5) is 0 Å². The fourth-order valence-corrected chi connectivity index (χ4v) is 4.51. The van der Waals surface area contributed by atoms with E-state index in [-0.39, 0.29) is 12.3 Å². The van der Waals surface area contributed by atoms with Crippen LogP contribution < -0.4 is 9.47 Å². The Labute approximate surface area is 189 Å². The molecule has 3 aromatic carbocycles. The molecule has 3 aromatic rings. The first-order chi connectivity index (χ1) is 14.6. The zero-order chi connectivity index (χ0) is 20.7. The molecular weight excluding hydrogens is 464 g/mol. The molecule has 5 rings (SSSR count). The summed E-state index contributed by atoms with van der Waals surface area (Å²) in [5.74, 6) is 1.61. The summed E-state index contributed by atoms with van der Waals surface area (Å²) in [6.45, 7) is 2.53. The van der Waals surface area contributed by atoms with Gasteiger partial charge < -0.3 is 9.47 Å². The van der Waals surface area contributed by atoms with Crippen LogP contribution >= 0.6 is 27.5 Å². The molecule has 4 nitrogen and oxygen atoms in total. The highest BCUT2D eigenvalue weighted by Crippen LogP contribution is 2.47. The number of halogens is 2. The van der Waals surface area contributed by atoms with E-state index in [1.807, 2.05) is 55.5 Å². The van der Waals surface area contributed by atoms with Crippen molar-refractivity contribution >= 4 is 33.2 Å². The summed E-state index contributed by atoms with van der Waals surface area (Å²) in [5.41, 5.74) is 4.21. The van der Waals surface area contributed by atoms with E-state index in [1.54, 1.807) is 0 Å². The Hall–Kier alpha value is -2.50. The average molecular weight is 484 g/mol. The summed E-state index contributed by atoms with van der Waals surface area (Å²) in [5, 5.41) is 7.66. The van der Waals surface area contributed by atoms with E-state index in [9.17, 15) is 0 Å². The summed E-state index contributed by atoms with van der Waals surface area (Å²) in [6.07, 6.45) is 0.506. The first-order valence-electron chi connectivity index (χ1n) is 9.93. The minimum absolute atomic E-state index is 0.115. The van der Waals surface area contributed by atoms with Gasteiger partial charge >= 0.3 is 0 Å². The van der Waals surface area contributed by atoms with Gasteiger partial charge in [-0.05, 0) is 48.9 Å². The summed E-state index contributed by atoms with van der Waals surface area (Å²) < 4.78 is 13.0. The minimum Gasteiger partial charge on any atom is -0.492 e. The predicted octanol–water partition coefficient (Wildman–Crippen LogP) is 6.74. The lowest BCUT2D eigenvalue weighted by atomic mass is 9.96. The Morgan fingerprint density at radius 2 is 1.93 bits per heavy atom. The molecule has 0 bridgehead atoms. The third kappa shape index (κ3) is 3.46. The van der Waals surface area contributed by atoms with Crippen molar-refractivity contribution in [1.82, 2.24) is 5.01 Å². The number of hydrogen-bond donors (Lipinski definition) is 0. The van der Waals surface area contributed by atoms with Gasteiger partial charge in [0.2, 0.25) is 6.23 Å². The highest BCUT2D eigenvalue weighted by Gasteiger charge is 2.40. The third-order valence-corrected chi connectivity index (χ3v) is 6.24. The summed E-state index contributed by atoms with van der Waals surface area (Å²) in [7, 11) is 0. The van der Waals surface area contributed by atoms with E-state index >= 15 is 0 Å². The Bertz CT molecular complexity index is 1120. The largest absolute Gasteiger partial charge is 0.492 e. The van der Waals surface area contributed by atoms with Crippen LogP contribution in [-0.4, -0.2) is 17.3 Å². The third-order valence-electron chi connectivity index (χ3n) is 5.42. The average Bonchev–Trinajstić information content (AvgIpc) is 3.21. The molecule has 0 unspecified atom stereocenters. The molecule has 30 heavy (non-hydrogen) atoms. The molecule has 2 aliphatic rings. The summed E-state index contributed by atoms with van der Waals surface area (Å²) in [4.78, 5) is 0. The fraction of sp³-hybridized carbons (Fsp3) is 0.208. The van der Waals surface area contributed by atoms with Crippen molar-refractivity contribution in [1.29, 1.82) is 0 Å². The number of para-hydroxylation sites is 1. The quantitative estimate of drug-likeness (QED) is 0.412. The van der Waals surface area contributed by atoms with Crippen LogP contribution in [0, 0.1) is 0 Å². The molecule has 6 heteroatoms. The van der Waals surface area contributed by atoms with Crippen molar-refractivity contribution in [3.63, 3.8) is 0 Å². The van der Waals surface area contributed by atoms with Gasteiger partial charge in [0, 0.05) is 22.0 Å². The van der Waals surface area contributed by atoms with Crippen molar-refractivity contribution in [2.75, 3.05) is 6.61 Å². The maximum Gasteiger partial charge on any atom is 0.213 e. The van der Waals surface area contributed by atoms with Crippen LogP contribution in [0.3, 0.4) is 0 Å². The lowest BCUT2D eigenvalue weighted by Crippen LogP contribution is -2.33. The van der Waals surface area contributed by atoms with Gasteiger partial charge in [0.05, 0.1) is 23.4 Å². The number of hydrogen-bond acceptors (Lipinski definition) is 4. The normalized spacial score (nSPS) is 19.6. The SMILES string of the molecule is CCOc1ccc(C2=NN3[C@H](C2)c2ccccc2O[C@H]3c2ccc(Br)cc2)cc1Cl. The Kier molecular flexibility index (Phi) is 5.17. The van der Waals surface area contributed by atoms with Gasteiger partial charge in [-0.3, -0.25) is 0 Å². The summed E-state index contributed by atoms with van der Waals surface area (Å²) >= 11 is 9.95. The van der Waals surface area contributed by atoms with Crippen molar-refractivity contribution in [3.8, 4) is 11.5 Å². The second-order valence-electron chi connectivity index (χ2n) is 7.28. The molecule has 0 amide bonds. The van der Waals surface area contributed by atoms with Crippen molar-refractivity contribution in [3.05, 3.63) is 92.9 Å². The highest BCUT2D eigenvalue weighted by molar-refractivity contribution is 9.10. The number of ether oxygens (including phenoxy) is 2. The first kappa shape index (κ1) is 19.5. The molecule has 2 heterocycles. The minimum atomic E-state index is -0.284.